The summed E-state index contributed by atoms with van der Waals surface area (Å²) in [6, 6.07) is 5.74. The van der Waals surface area contributed by atoms with Gasteiger partial charge in [-0.05, 0) is 32.0 Å². The van der Waals surface area contributed by atoms with Crippen LogP contribution in [0.1, 0.15) is 11.4 Å². The topological polar surface area (TPSA) is 71.3 Å². The molecule has 0 saturated carbocycles. The first-order valence-corrected chi connectivity index (χ1v) is 8.02. The van der Waals surface area contributed by atoms with Crippen LogP contribution >= 0.6 is 0 Å². The molecule has 3 rings (SSSR count). The van der Waals surface area contributed by atoms with E-state index in [-0.39, 0.29) is 18.1 Å². The molecule has 24 heavy (non-hydrogen) atoms. The Bertz CT molecular complexity index is 779. The summed E-state index contributed by atoms with van der Waals surface area (Å²) >= 11 is 0. The first kappa shape index (κ1) is 16.2. The Hall–Kier alpha value is -2.70. The van der Waals surface area contributed by atoms with Crippen LogP contribution in [0, 0.1) is 13.8 Å². The van der Waals surface area contributed by atoms with Crippen molar-refractivity contribution in [1.82, 2.24) is 19.4 Å². The smallest absolute Gasteiger partial charge is 0.348 e. The van der Waals surface area contributed by atoms with Crippen molar-refractivity contribution < 1.29 is 4.79 Å². The van der Waals surface area contributed by atoms with E-state index in [0.29, 0.717) is 18.8 Å². The monoisotopic (exact) mass is 327 g/mol. The normalized spacial score (nSPS) is 14.8. The third-order valence-corrected chi connectivity index (χ3v) is 4.28. The predicted octanol–water partition coefficient (Wildman–Crippen LogP) is 0.604. The highest BCUT2D eigenvalue weighted by atomic mass is 16.2. The van der Waals surface area contributed by atoms with Gasteiger partial charge in [-0.3, -0.25) is 14.3 Å². The summed E-state index contributed by atoms with van der Waals surface area (Å²) in [6.45, 7) is 6.45. The number of amides is 1. The highest BCUT2D eigenvalue weighted by Gasteiger charge is 2.22. The van der Waals surface area contributed by atoms with Crippen LogP contribution in [0.5, 0.6) is 0 Å². The second-order valence-corrected chi connectivity index (χ2v) is 5.99. The van der Waals surface area contributed by atoms with Gasteiger partial charge in [-0.1, -0.05) is 0 Å². The molecule has 0 unspecified atom stereocenters. The molecule has 3 heterocycles. The Morgan fingerprint density at radius 2 is 1.96 bits per heavy atom. The number of pyridine rings is 1. The van der Waals surface area contributed by atoms with Crippen molar-refractivity contribution in [3.63, 3.8) is 0 Å². The molecule has 0 aliphatic carbocycles. The van der Waals surface area contributed by atoms with E-state index in [1.807, 2.05) is 31.3 Å². The molecular formula is C17H21N5O2. The van der Waals surface area contributed by atoms with Crippen LogP contribution in [0.3, 0.4) is 0 Å². The molecule has 2 aromatic heterocycles. The standard InChI is InChI=1S/C17H21N5O2/c1-13-10-14(2)22(17(24)19-13)12-16(23)21-8-6-20(7-9-21)15-4-3-5-18-11-15/h3-5,10-11H,6-9,12H2,1-2H3. The molecule has 0 N–H and O–H groups in total. The van der Waals surface area contributed by atoms with Crippen molar-refractivity contribution in [2.24, 2.45) is 0 Å². The maximum atomic E-state index is 12.5. The van der Waals surface area contributed by atoms with Crippen molar-refractivity contribution >= 4 is 11.6 Å². The largest absolute Gasteiger partial charge is 0.367 e. The zero-order valence-electron chi connectivity index (χ0n) is 14.0. The molecule has 0 radical (unpaired) electrons. The van der Waals surface area contributed by atoms with Crippen molar-refractivity contribution in [3.05, 3.63) is 52.5 Å². The molecule has 0 spiro atoms. The minimum Gasteiger partial charge on any atom is -0.367 e. The third-order valence-electron chi connectivity index (χ3n) is 4.28. The van der Waals surface area contributed by atoms with Crippen molar-refractivity contribution in [2.45, 2.75) is 20.4 Å². The van der Waals surface area contributed by atoms with Gasteiger partial charge in [-0.15, -0.1) is 0 Å². The van der Waals surface area contributed by atoms with E-state index in [1.165, 1.54) is 4.57 Å². The van der Waals surface area contributed by atoms with Crippen molar-refractivity contribution in [3.8, 4) is 0 Å². The van der Waals surface area contributed by atoms with Crippen molar-refractivity contribution in [2.75, 3.05) is 31.1 Å². The number of anilines is 1. The van der Waals surface area contributed by atoms with Crippen LogP contribution in [0.25, 0.3) is 0 Å². The van der Waals surface area contributed by atoms with Gasteiger partial charge in [0.05, 0.1) is 11.9 Å². The summed E-state index contributed by atoms with van der Waals surface area (Å²) in [4.78, 5) is 36.5. The zero-order valence-corrected chi connectivity index (χ0v) is 14.0. The summed E-state index contributed by atoms with van der Waals surface area (Å²) in [7, 11) is 0. The lowest BCUT2D eigenvalue weighted by Gasteiger charge is -2.36. The predicted molar refractivity (Wildman–Crippen MR) is 91.0 cm³/mol. The highest BCUT2D eigenvalue weighted by Crippen LogP contribution is 2.14. The molecule has 126 valence electrons. The fourth-order valence-corrected chi connectivity index (χ4v) is 2.96. The van der Waals surface area contributed by atoms with E-state index in [4.69, 9.17) is 0 Å². The quantitative estimate of drug-likeness (QED) is 0.826. The lowest BCUT2D eigenvalue weighted by molar-refractivity contribution is -0.132. The summed E-state index contributed by atoms with van der Waals surface area (Å²) in [5, 5.41) is 0. The molecule has 1 aliphatic rings. The molecule has 1 fully saturated rings. The van der Waals surface area contributed by atoms with E-state index in [2.05, 4.69) is 14.9 Å². The van der Waals surface area contributed by atoms with Crippen LogP contribution in [-0.2, 0) is 11.3 Å². The fourth-order valence-electron chi connectivity index (χ4n) is 2.96. The van der Waals surface area contributed by atoms with E-state index < -0.39 is 0 Å². The highest BCUT2D eigenvalue weighted by molar-refractivity contribution is 5.76. The van der Waals surface area contributed by atoms with E-state index in [0.717, 1.165) is 24.5 Å². The molecule has 1 aliphatic heterocycles. The van der Waals surface area contributed by atoms with Crippen LogP contribution in [0.2, 0.25) is 0 Å². The Balaban J connectivity index is 1.63. The number of aryl methyl sites for hydroxylation is 2. The van der Waals surface area contributed by atoms with E-state index in [9.17, 15) is 9.59 Å². The molecule has 0 aromatic carbocycles. The summed E-state index contributed by atoms with van der Waals surface area (Å²) in [5.41, 5.74) is 2.13. The van der Waals surface area contributed by atoms with Gasteiger partial charge in [-0.2, -0.15) is 4.98 Å². The molecular weight excluding hydrogens is 306 g/mol. The van der Waals surface area contributed by atoms with Gasteiger partial charge in [0.25, 0.3) is 0 Å². The number of nitrogens with zero attached hydrogens (tertiary/aromatic N) is 5. The van der Waals surface area contributed by atoms with E-state index in [1.54, 1.807) is 18.0 Å². The van der Waals surface area contributed by atoms with Gasteiger partial charge in [0.2, 0.25) is 5.91 Å². The molecule has 7 nitrogen and oxygen atoms in total. The molecule has 7 heteroatoms. The summed E-state index contributed by atoms with van der Waals surface area (Å²) in [5.74, 6) is -0.0447. The van der Waals surface area contributed by atoms with Crippen LogP contribution in [-0.4, -0.2) is 51.5 Å². The maximum Gasteiger partial charge on any atom is 0.348 e. The number of carbonyl (C=O) groups is 1. The fraction of sp³-hybridized carbons (Fsp3) is 0.412. The van der Waals surface area contributed by atoms with Gasteiger partial charge in [0.15, 0.2) is 0 Å². The maximum absolute atomic E-state index is 12.5. The second kappa shape index (κ2) is 6.82. The zero-order chi connectivity index (χ0) is 17.1. The first-order chi connectivity index (χ1) is 11.5. The lowest BCUT2D eigenvalue weighted by atomic mass is 10.2. The van der Waals surface area contributed by atoms with Crippen LogP contribution in [0.15, 0.2) is 35.4 Å². The average Bonchev–Trinajstić information content (AvgIpc) is 2.59. The lowest BCUT2D eigenvalue weighted by Crippen LogP contribution is -2.50. The Kier molecular flexibility index (Phi) is 4.59. The second-order valence-electron chi connectivity index (χ2n) is 5.99. The first-order valence-electron chi connectivity index (χ1n) is 8.02. The Morgan fingerprint density at radius 3 is 2.58 bits per heavy atom. The van der Waals surface area contributed by atoms with Crippen LogP contribution < -0.4 is 10.6 Å². The Morgan fingerprint density at radius 1 is 1.21 bits per heavy atom. The minimum absolute atomic E-state index is 0.0447. The molecule has 1 amide bonds. The number of rotatable bonds is 3. The molecule has 0 atom stereocenters. The summed E-state index contributed by atoms with van der Waals surface area (Å²) < 4.78 is 1.43. The third kappa shape index (κ3) is 3.45. The van der Waals surface area contributed by atoms with Gasteiger partial charge in [0.1, 0.15) is 6.54 Å². The number of carbonyl (C=O) groups excluding carboxylic acids is 1. The number of piperazine rings is 1. The number of hydrogen-bond donors (Lipinski definition) is 0. The van der Waals surface area contributed by atoms with Crippen molar-refractivity contribution in [1.29, 1.82) is 0 Å². The van der Waals surface area contributed by atoms with Gasteiger partial charge >= 0.3 is 5.69 Å². The molecule has 0 bridgehead atoms. The van der Waals surface area contributed by atoms with Gasteiger partial charge < -0.3 is 9.80 Å². The molecule has 2 aromatic rings. The number of aromatic nitrogens is 3. The summed E-state index contributed by atoms with van der Waals surface area (Å²) in [6.07, 6.45) is 3.58. The van der Waals surface area contributed by atoms with Gasteiger partial charge in [0, 0.05) is 43.8 Å². The molecule has 1 saturated heterocycles. The van der Waals surface area contributed by atoms with E-state index >= 15 is 0 Å². The minimum atomic E-state index is -0.366. The van der Waals surface area contributed by atoms with Crippen LogP contribution in [0.4, 0.5) is 5.69 Å². The Labute approximate surface area is 140 Å². The SMILES string of the molecule is Cc1cc(C)n(CC(=O)N2CCN(c3cccnc3)CC2)c(=O)n1. The number of hydrogen-bond acceptors (Lipinski definition) is 5. The van der Waals surface area contributed by atoms with Gasteiger partial charge in [-0.25, -0.2) is 4.79 Å². The average molecular weight is 327 g/mol.